The Kier molecular flexibility index (Phi) is 4.63. The quantitative estimate of drug-likeness (QED) is 0.542. The number of methoxy groups -OCH3 is 1. The molecule has 1 heterocycles. The van der Waals surface area contributed by atoms with Crippen molar-refractivity contribution in [3.05, 3.63) is 82.8 Å². The van der Waals surface area contributed by atoms with Crippen LogP contribution in [0.4, 0.5) is 0 Å². The molecule has 0 aliphatic heterocycles. The van der Waals surface area contributed by atoms with Crippen molar-refractivity contribution in [3.63, 3.8) is 0 Å². The molecule has 4 aromatic rings. The fraction of sp³-hybridized carbons (Fsp3) is 0.0952. The van der Waals surface area contributed by atoms with E-state index in [1.165, 1.54) is 18.2 Å². The summed E-state index contributed by atoms with van der Waals surface area (Å²) in [6.07, 6.45) is 0. The lowest BCUT2D eigenvalue weighted by Crippen LogP contribution is -2.25. The van der Waals surface area contributed by atoms with Crippen molar-refractivity contribution in [1.29, 1.82) is 0 Å². The van der Waals surface area contributed by atoms with Gasteiger partial charge in [0.2, 0.25) is 0 Å². The van der Waals surface area contributed by atoms with Gasteiger partial charge < -0.3 is 14.5 Å². The molecule has 0 unspecified atom stereocenters. The van der Waals surface area contributed by atoms with Crippen molar-refractivity contribution in [3.8, 4) is 17.2 Å². The Balaban J connectivity index is 1.78. The summed E-state index contributed by atoms with van der Waals surface area (Å²) in [5, 5.41) is 0. The van der Waals surface area contributed by atoms with Crippen molar-refractivity contribution in [1.82, 2.24) is 8.96 Å². The van der Waals surface area contributed by atoms with E-state index in [4.69, 9.17) is 9.47 Å². The summed E-state index contributed by atoms with van der Waals surface area (Å²) in [6.45, 7) is 1.86. The van der Waals surface area contributed by atoms with Crippen LogP contribution in [0.15, 0.2) is 76.4 Å². The van der Waals surface area contributed by atoms with Gasteiger partial charge in [-0.3, -0.25) is 0 Å². The van der Waals surface area contributed by atoms with E-state index in [-0.39, 0.29) is 10.4 Å². The molecule has 0 aliphatic rings. The molecule has 0 fully saturated rings. The number of nitrogens with one attached hydrogen (secondary N) is 1. The Morgan fingerprint density at radius 3 is 2.14 bits per heavy atom. The van der Waals surface area contributed by atoms with Crippen LogP contribution in [0.3, 0.4) is 0 Å². The standard InChI is InChI=1S/C21H18N2O5S/c1-14-3-10-18(11-4-14)29(25,26)23-20-13-17(9-12-19(20)22-21(23)24)28-16-7-5-15(27-2)6-8-16/h3-13H,1-2H3,(H,22,24). The minimum Gasteiger partial charge on any atom is -0.497 e. The normalized spacial score (nSPS) is 11.5. The summed E-state index contributed by atoms with van der Waals surface area (Å²) in [4.78, 5) is 15.1. The van der Waals surface area contributed by atoms with E-state index >= 15 is 0 Å². The van der Waals surface area contributed by atoms with Crippen molar-refractivity contribution in [2.75, 3.05) is 7.11 Å². The molecule has 1 N–H and O–H groups in total. The van der Waals surface area contributed by atoms with Gasteiger partial charge in [-0.1, -0.05) is 17.7 Å². The van der Waals surface area contributed by atoms with E-state index in [2.05, 4.69) is 4.98 Å². The van der Waals surface area contributed by atoms with E-state index < -0.39 is 15.7 Å². The molecule has 0 bridgehead atoms. The van der Waals surface area contributed by atoms with Crippen LogP contribution < -0.4 is 15.2 Å². The second-order valence-electron chi connectivity index (χ2n) is 6.47. The topological polar surface area (TPSA) is 90.4 Å². The predicted octanol–water partition coefficient (Wildman–Crippen LogP) is 3.68. The van der Waals surface area contributed by atoms with Gasteiger partial charge in [-0.25, -0.2) is 13.2 Å². The lowest BCUT2D eigenvalue weighted by atomic mass is 10.2. The third-order valence-corrected chi connectivity index (χ3v) is 6.18. The van der Waals surface area contributed by atoms with Crippen LogP contribution in [0.2, 0.25) is 0 Å². The summed E-state index contributed by atoms with van der Waals surface area (Å²) in [7, 11) is -2.49. The first-order valence-corrected chi connectivity index (χ1v) is 10.2. The number of imidazole rings is 1. The molecule has 0 amide bonds. The summed E-state index contributed by atoms with van der Waals surface area (Å²) in [5.41, 5.74) is 0.793. The molecule has 8 heteroatoms. The zero-order chi connectivity index (χ0) is 20.6. The number of benzene rings is 3. The number of aryl methyl sites for hydroxylation is 1. The lowest BCUT2D eigenvalue weighted by molar-refractivity contribution is 0.413. The molecule has 0 radical (unpaired) electrons. The van der Waals surface area contributed by atoms with E-state index in [0.717, 1.165) is 9.54 Å². The second-order valence-corrected chi connectivity index (χ2v) is 8.26. The summed E-state index contributed by atoms with van der Waals surface area (Å²) < 4.78 is 37.8. The van der Waals surface area contributed by atoms with Gasteiger partial charge in [-0.05, 0) is 55.5 Å². The molecule has 0 saturated heterocycles. The highest BCUT2D eigenvalue weighted by atomic mass is 32.2. The van der Waals surface area contributed by atoms with Crippen LogP contribution in [0.1, 0.15) is 5.56 Å². The molecule has 148 valence electrons. The number of hydrogen-bond donors (Lipinski definition) is 1. The number of hydrogen-bond acceptors (Lipinski definition) is 5. The average Bonchev–Trinajstić information content (AvgIpc) is 3.04. The molecular weight excluding hydrogens is 392 g/mol. The number of H-pyrrole nitrogens is 1. The maximum absolute atomic E-state index is 13.1. The summed E-state index contributed by atoms with van der Waals surface area (Å²) in [5.74, 6) is 1.64. The molecule has 4 rings (SSSR count). The van der Waals surface area contributed by atoms with Crippen LogP contribution in [0.25, 0.3) is 11.0 Å². The van der Waals surface area contributed by atoms with Gasteiger partial charge in [0.15, 0.2) is 0 Å². The zero-order valence-corrected chi connectivity index (χ0v) is 16.6. The van der Waals surface area contributed by atoms with Gasteiger partial charge in [-0.2, -0.15) is 3.97 Å². The molecule has 0 spiro atoms. The van der Waals surface area contributed by atoms with Crippen LogP contribution >= 0.6 is 0 Å². The minimum atomic E-state index is -4.07. The average molecular weight is 410 g/mol. The maximum Gasteiger partial charge on any atom is 0.340 e. The van der Waals surface area contributed by atoms with E-state index in [1.54, 1.807) is 55.6 Å². The van der Waals surface area contributed by atoms with E-state index in [0.29, 0.717) is 22.8 Å². The second kappa shape index (κ2) is 7.14. The monoisotopic (exact) mass is 410 g/mol. The highest BCUT2D eigenvalue weighted by Gasteiger charge is 2.23. The van der Waals surface area contributed by atoms with Crippen LogP contribution in [-0.2, 0) is 10.0 Å². The van der Waals surface area contributed by atoms with Crippen LogP contribution in [-0.4, -0.2) is 24.5 Å². The number of fused-ring (bicyclic) bond motifs is 1. The van der Waals surface area contributed by atoms with Crippen molar-refractivity contribution in [2.45, 2.75) is 11.8 Å². The Bertz CT molecular complexity index is 1330. The molecule has 29 heavy (non-hydrogen) atoms. The first-order chi connectivity index (χ1) is 13.9. The Morgan fingerprint density at radius 2 is 1.48 bits per heavy atom. The summed E-state index contributed by atoms with van der Waals surface area (Å²) in [6, 6.07) is 18.1. The number of ether oxygens (including phenoxy) is 2. The molecule has 1 aromatic heterocycles. The smallest absolute Gasteiger partial charge is 0.340 e. The van der Waals surface area contributed by atoms with Gasteiger partial charge >= 0.3 is 5.69 Å². The number of nitrogens with zero attached hydrogens (tertiary/aromatic N) is 1. The van der Waals surface area contributed by atoms with E-state index in [1.807, 2.05) is 6.92 Å². The fourth-order valence-electron chi connectivity index (χ4n) is 2.96. The number of rotatable bonds is 5. The number of aromatic amines is 1. The first kappa shape index (κ1) is 18.8. The molecular formula is C21H18N2O5S. The predicted molar refractivity (Wildman–Crippen MR) is 109 cm³/mol. The molecule has 0 saturated carbocycles. The van der Waals surface area contributed by atoms with Crippen molar-refractivity contribution >= 4 is 21.1 Å². The maximum atomic E-state index is 13.1. The molecule has 7 nitrogen and oxygen atoms in total. The van der Waals surface area contributed by atoms with Crippen molar-refractivity contribution < 1.29 is 17.9 Å². The highest BCUT2D eigenvalue weighted by molar-refractivity contribution is 7.90. The van der Waals surface area contributed by atoms with Gasteiger partial charge in [0.1, 0.15) is 17.2 Å². The summed E-state index contributed by atoms with van der Waals surface area (Å²) >= 11 is 0. The van der Waals surface area contributed by atoms with Gasteiger partial charge in [0.25, 0.3) is 10.0 Å². The van der Waals surface area contributed by atoms with Crippen molar-refractivity contribution in [2.24, 2.45) is 0 Å². The molecule has 0 atom stereocenters. The van der Waals surface area contributed by atoms with E-state index in [9.17, 15) is 13.2 Å². The zero-order valence-electron chi connectivity index (χ0n) is 15.7. The third-order valence-electron chi connectivity index (χ3n) is 4.47. The largest absolute Gasteiger partial charge is 0.497 e. The Hall–Kier alpha value is -3.52. The number of aromatic nitrogens is 2. The van der Waals surface area contributed by atoms with Gasteiger partial charge in [0.05, 0.1) is 23.0 Å². The first-order valence-electron chi connectivity index (χ1n) is 8.77. The Morgan fingerprint density at radius 1 is 0.862 bits per heavy atom. The third kappa shape index (κ3) is 3.50. The van der Waals surface area contributed by atoms with Crippen LogP contribution in [0, 0.1) is 6.92 Å². The van der Waals surface area contributed by atoms with Crippen LogP contribution in [0.5, 0.6) is 17.2 Å². The fourth-order valence-corrected chi connectivity index (χ4v) is 4.32. The molecule has 3 aromatic carbocycles. The minimum absolute atomic E-state index is 0.0348. The highest BCUT2D eigenvalue weighted by Crippen LogP contribution is 2.27. The SMILES string of the molecule is COc1ccc(Oc2ccc3[nH]c(=O)n(S(=O)(=O)c4ccc(C)cc4)c3c2)cc1. The molecule has 0 aliphatic carbocycles. The Labute approximate surface area is 167 Å². The van der Waals surface area contributed by atoms with Gasteiger partial charge in [0, 0.05) is 6.07 Å². The van der Waals surface area contributed by atoms with Gasteiger partial charge in [-0.15, -0.1) is 0 Å². The lowest BCUT2D eigenvalue weighted by Gasteiger charge is -2.09.